The second-order valence-corrected chi connectivity index (χ2v) is 8.58. The quantitative estimate of drug-likeness (QED) is 0.330. The highest BCUT2D eigenvalue weighted by molar-refractivity contribution is 9.10. The fraction of sp³-hybridized carbons (Fsp3) is 0.130. The van der Waals surface area contributed by atoms with Crippen LogP contribution in [0.1, 0.15) is 32.7 Å². The fourth-order valence-electron chi connectivity index (χ4n) is 3.14. The van der Waals surface area contributed by atoms with Crippen LogP contribution < -0.4 is 10.6 Å². The van der Waals surface area contributed by atoms with Crippen molar-refractivity contribution in [3.8, 4) is 0 Å². The van der Waals surface area contributed by atoms with Crippen molar-refractivity contribution in [3.63, 3.8) is 0 Å². The normalized spacial score (nSPS) is 12.6. The van der Waals surface area contributed by atoms with Crippen LogP contribution in [0.3, 0.4) is 0 Å². The molecule has 1 aliphatic rings. The van der Waals surface area contributed by atoms with Crippen molar-refractivity contribution in [2.75, 3.05) is 23.7 Å². The number of rotatable bonds is 5. The Labute approximate surface area is 198 Å². The van der Waals surface area contributed by atoms with E-state index in [1.807, 2.05) is 4.90 Å². The molecule has 1 fully saturated rings. The first-order valence-electron chi connectivity index (χ1n) is 9.88. The Morgan fingerprint density at radius 1 is 0.969 bits per heavy atom. The van der Waals surface area contributed by atoms with Crippen LogP contribution in [0.5, 0.6) is 0 Å². The van der Waals surface area contributed by atoms with E-state index in [1.165, 1.54) is 6.20 Å². The first-order valence-corrected chi connectivity index (χ1v) is 11.1. The number of nitrogens with zero attached hydrogens (tertiary/aromatic N) is 2. The molecule has 2 amide bonds. The maximum atomic E-state index is 12.8. The Morgan fingerprint density at radius 3 is 2.31 bits per heavy atom. The van der Waals surface area contributed by atoms with Gasteiger partial charge in [-0.3, -0.25) is 15.0 Å². The number of likely N-dealkylation sites (tertiary alicyclic amines) is 1. The fourth-order valence-corrected chi connectivity index (χ4v) is 3.62. The monoisotopic (exact) mass is 511 g/mol. The summed E-state index contributed by atoms with van der Waals surface area (Å²) in [4.78, 5) is 31.7. The lowest BCUT2D eigenvalue weighted by molar-refractivity contribution is 0.102. The van der Waals surface area contributed by atoms with Gasteiger partial charge in [-0.2, -0.15) is 0 Å². The van der Waals surface area contributed by atoms with Crippen molar-refractivity contribution >= 4 is 56.7 Å². The van der Waals surface area contributed by atoms with E-state index in [9.17, 15) is 9.59 Å². The molecule has 0 radical (unpaired) electrons. The lowest BCUT2D eigenvalue weighted by Gasteiger charge is -2.33. The van der Waals surface area contributed by atoms with Gasteiger partial charge in [0, 0.05) is 34.9 Å². The number of amides is 2. The second-order valence-electron chi connectivity index (χ2n) is 7.23. The van der Waals surface area contributed by atoms with Crippen molar-refractivity contribution in [1.82, 2.24) is 9.88 Å². The third-order valence-corrected chi connectivity index (χ3v) is 5.75. The molecule has 1 aliphatic heterocycles. The molecule has 0 spiro atoms. The zero-order chi connectivity index (χ0) is 22.7. The zero-order valence-corrected chi connectivity index (χ0v) is 19.2. The van der Waals surface area contributed by atoms with Gasteiger partial charge in [0.2, 0.25) is 0 Å². The number of hydrogen-bond acceptors (Lipinski definition) is 4. The van der Waals surface area contributed by atoms with Gasteiger partial charge in [0.05, 0.1) is 16.3 Å². The summed E-state index contributed by atoms with van der Waals surface area (Å²) < 4.78 is 0.693. The lowest BCUT2D eigenvalue weighted by Crippen LogP contribution is -2.42. The van der Waals surface area contributed by atoms with Gasteiger partial charge in [-0.15, -0.1) is 0 Å². The van der Waals surface area contributed by atoms with E-state index in [-0.39, 0.29) is 11.5 Å². The van der Waals surface area contributed by atoms with Crippen LogP contribution in [-0.2, 0) is 0 Å². The van der Waals surface area contributed by atoms with E-state index in [0.717, 1.165) is 25.1 Å². The van der Waals surface area contributed by atoms with Crippen molar-refractivity contribution in [2.45, 2.75) is 6.42 Å². The van der Waals surface area contributed by atoms with Gasteiger partial charge in [0.1, 0.15) is 11.7 Å². The van der Waals surface area contributed by atoms with Gasteiger partial charge in [-0.25, -0.2) is 4.98 Å². The minimum Gasteiger partial charge on any atom is -0.356 e. The molecule has 1 aromatic heterocycles. The van der Waals surface area contributed by atoms with E-state index in [4.69, 9.17) is 17.0 Å². The number of anilines is 2. The number of benzene rings is 2. The SMILES string of the molecule is N=C(c1ccc(C(=O)Nc2ccc(Br)cc2C(=O)Nc2ccc(Cl)cn2)cc1)N1CCC1. The van der Waals surface area contributed by atoms with Gasteiger partial charge in [-0.05, 0) is 48.9 Å². The van der Waals surface area contributed by atoms with Gasteiger partial charge in [-0.1, -0.05) is 39.7 Å². The van der Waals surface area contributed by atoms with Crippen molar-refractivity contribution in [2.24, 2.45) is 0 Å². The van der Waals surface area contributed by atoms with Gasteiger partial charge >= 0.3 is 0 Å². The zero-order valence-electron chi connectivity index (χ0n) is 16.9. The largest absolute Gasteiger partial charge is 0.356 e. The Hall–Kier alpha value is -3.23. The van der Waals surface area contributed by atoms with Crippen LogP contribution >= 0.6 is 27.5 Å². The highest BCUT2D eigenvalue weighted by atomic mass is 79.9. The molecule has 32 heavy (non-hydrogen) atoms. The van der Waals surface area contributed by atoms with Crippen LogP contribution in [0.4, 0.5) is 11.5 Å². The van der Waals surface area contributed by atoms with E-state index >= 15 is 0 Å². The summed E-state index contributed by atoms with van der Waals surface area (Å²) in [5, 5.41) is 14.2. The highest BCUT2D eigenvalue weighted by Crippen LogP contribution is 2.23. The van der Waals surface area contributed by atoms with Gasteiger partial charge < -0.3 is 15.5 Å². The Balaban J connectivity index is 1.49. The van der Waals surface area contributed by atoms with E-state index in [2.05, 4.69) is 31.5 Å². The molecule has 2 heterocycles. The molecule has 0 unspecified atom stereocenters. The average Bonchev–Trinajstić information content (AvgIpc) is 2.75. The molecular weight excluding hydrogens is 494 g/mol. The number of carbonyl (C=O) groups is 2. The molecule has 9 heteroatoms. The standard InChI is InChI=1S/C23H19BrClN5O2/c24-16-6-8-19(18(12-16)23(32)29-20-9-7-17(25)13-27-20)28-22(31)15-4-2-14(3-5-15)21(26)30-10-1-11-30/h2-9,12-13,26H,1,10-11H2,(H,28,31)(H,27,29,32). The van der Waals surface area contributed by atoms with E-state index in [1.54, 1.807) is 54.6 Å². The van der Waals surface area contributed by atoms with E-state index in [0.29, 0.717) is 32.4 Å². The third kappa shape index (κ3) is 4.98. The number of halogens is 2. The second kappa shape index (κ2) is 9.50. The summed E-state index contributed by atoms with van der Waals surface area (Å²) in [6.07, 6.45) is 2.53. The first-order chi connectivity index (χ1) is 15.4. The summed E-state index contributed by atoms with van der Waals surface area (Å²) in [6, 6.07) is 15.1. The molecule has 3 N–H and O–H groups in total. The molecule has 0 saturated carbocycles. The third-order valence-electron chi connectivity index (χ3n) is 5.04. The van der Waals surface area contributed by atoms with E-state index < -0.39 is 5.91 Å². The number of nitrogens with one attached hydrogen (secondary N) is 3. The molecule has 1 saturated heterocycles. The van der Waals surface area contributed by atoms with Crippen LogP contribution in [0.15, 0.2) is 65.3 Å². The molecule has 0 bridgehead atoms. The number of hydrogen-bond donors (Lipinski definition) is 3. The Kier molecular flexibility index (Phi) is 6.53. The van der Waals surface area contributed by atoms with Crippen molar-refractivity contribution < 1.29 is 9.59 Å². The van der Waals surface area contributed by atoms with Gasteiger partial charge in [0.15, 0.2) is 0 Å². The molecule has 7 nitrogen and oxygen atoms in total. The minimum atomic E-state index is -0.422. The van der Waals surface area contributed by atoms with Crippen LogP contribution in [-0.4, -0.2) is 40.6 Å². The number of amidine groups is 1. The van der Waals surface area contributed by atoms with Crippen molar-refractivity contribution in [3.05, 3.63) is 87.0 Å². The summed E-state index contributed by atoms with van der Waals surface area (Å²) in [5.74, 6) is 0.0329. The maximum absolute atomic E-state index is 12.8. The molecule has 3 aromatic rings. The number of carbonyl (C=O) groups excluding carboxylic acids is 2. The first kappa shape index (κ1) is 22.0. The lowest BCUT2D eigenvalue weighted by atomic mass is 10.1. The number of pyridine rings is 1. The summed E-state index contributed by atoms with van der Waals surface area (Å²) in [7, 11) is 0. The number of aromatic nitrogens is 1. The van der Waals surface area contributed by atoms with Crippen molar-refractivity contribution in [1.29, 1.82) is 5.41 Å². The maximum Gasteiger partial charge on any atom is 0.258 e. The predicted octanol–water partition coefficient (Wildman–Crippen LogP) is 5.03. The van der Waals surface area contributed by atoms with Crippen LogP contribution in [0, 0.1) is 5.41 Å². The predicted molar refractivity (Wildman–Crippen MR) is 129 cm³/mol. The van der Waals surface area contributed by atoms with Crippen LogP contribution in [0.2, 0.25) is 5.02 Å². The average molecular weight is 513 g/mol. The molecule has 4 rings (SSSR count). The van der Waals surface area contributed by atoms with Gasteiger partial charge in [0.25, 0.3) is 11.8 Å². The topological polar surface area (TPSA) is 98.2 Å². The molecule has 0 aliphatic carbocycles. The summed E-state index contributed by atoms with van der Waals surface area (Å²) >= 11 is 9.20. The molecule has 2 aromatic carbocycles. The summed E-state index contributed by atoms with van der Waals surface area (Å²) in [6.45, 7) is 1.78. The summed E-state index contributed by atoms with van der Waals surface area (Å²) in [5.41, 5.74) is 1.84. The molecule has 0 atom stereocenters. The molecular formula is C23H19BrClN5O2. The molecule has 162 valence electrons. The Morgan fingerprint density at radius 2 is 1.69 bits per heavy atom. The minimum absolute atomic E-state index is 0.278. The smallest absolute Gasteiger partial charge is 0.258 e. The van der Waals surface area contributed by atoms with Crippen LogP contribution in [0.25, 0.3) is 0 Å². The Bertz CT molecular complexity index is 1180. The highest BCUT2D eigenvalue weighted by Gasteiger charge is 2.19.